The van der Waals surface area contributed by atoms with Crippen molar-refractivity contribution in [1.29, 1.82) is 0 Å². The third-order valence-corrected chi connectivity index (χ3v) is 1.56. The molecule has 10 heavy (non-hydrogen) atoms. The molecule has 1 amide bonds. The maximum atomic E-state index is 10.7. The van der Waals surface area contributed by atoms with Gasteiger partial charge in [-0.2, -0.15) is 0 Å². The molecule has 0 aliphatic carbocycles. The van der Waals surface area contributed by atoms with Gasteiger partial charge in [-0.25, -0.2) is 0 Å². The molecule has 0 aromatic heterocycles. The lowest BCUT2D eigenvalue weighted by Crippen LogP contribution is -2.33. The number of carbonyl (C=O) groups excluding carboxylic acids is 1. The van der Waals surface area contributed by atoms with Gasteiger partial charge in [-0.3, -0.25) is 4.79 Å². The molecule has 1 atom stereocenters. The van der Waals surface area contributed by atoms with E-state index in [4.69, 9.17) is 5.73 Å². The lowest BCUT2D eigenvalue weighted by Gasteiger charge is -2.13. The fourth-order valence-corrected chi connectivity index (χ4v) is 0.552. The van der Waals surface area contributed by atoms with E-state index in [1.54, 1.807) is 7.05 Å². The molecule has 0 bridgehead atoms. The Balaban J connectivity index is 3.57. The second-order valence-corrected chi connectivity index (χ2v) is 2.79. The van der Waals surface area contributed by atoms with E-state index in [1.807, 2.05) is 13.8 Å². The average Bonchev–Trinajstić information content (AvgIpc) is 1.87. The first-order valence-electron chi connectivity index (χ1n) is 3.54. The van der Waals surface area contributed by atoms with Crippen LogP contribution in [-0.2, 0) is 4.79 Å². The number of amides is 1. The monoisotopic (exact) mass is 144 g/mol. The van der Waals surface area contributed by atoms with Gasteiger partial charge in [0.15, 0.2) is 0 Å². The molecule has 0 spiro atoms. The molecule has 0 rings (SSSR count). The van der Waals surface area contributed by atoms with Crippen molar-refractivity contribution in [3.8, 4) is 0 Å². The summed E-state index contributed by atoms with van der Waals surface area (Å²) in [5.41, 5.74) is 5.63. The zero-order chi connectivity index (χ0) is 8.15. The van der Waals surface area contributed by atoms with Crippen LogP contribution < -0.4 is 11.1 Å². The Hall–Kier alpha value is -0.570. The van der Waals surface area contributed by atoms with Crippen molar-refractivity contribution in [3.05, 3.63) is 0 Å². The lowest BCUT2D eigenvalue weighted by molar-refractivity contribution is -0.121. The number of rotatable bonds is 3. The number of hydrogen-bond donors (Lipinski definition) is 2. The Morgan fingerprint density at radius 2 is 2.10 bits per heavy atom. The van der Waals surface area contributed by atoms with Gasteiger partial charge in [-0.15, -0.1) is 0 Å². The van der Waals surface area contributed by atoms with E-state index in [9.17, 15) is 4.79 Å². The maximum absolute atomic E-state index is 10.7. The number of carbonyl (C=O) groups is 1. The van der Waals surface area contributed by atoms with Crippen LogP contribution in [0.2, 0.25) is 0 Å². The normalized spacial score (nSPS) is 13.3. The molecular formula is C7H16N2O. The molecule has 0 heterocycles. The third-order valence-electron chi connectivity index (χ3n) is 1.56. The third kappa shape index (κ3) is 3.45. The molecule has 0 saturated carbocycles. The van der Waals surface area contributed by atoms with E-state index in [1.165, 1.54) is 0 Å². The molecule has 3 nitrogen and oxygen atoms in total. The smallest absolute Gasteiger partial charge is 0.221 e. The highest BCUT2D eigenvalue weighted by atomic mass is 16.1. The Morgan fingerprint density at radius 3 is 2.40 bits per heavy atom. The molecule has 60 valence electrons. The molecule has 3 N–H and O–H groups in total. The molecule has 0 aromatic carbocycles. The van der Waals surface area contributed by atoms with Gasteiger partial charge in [0.1, 0.15) is 0 Å². The second-order valence-electron chi connectivity index (χ2n) is 2.79. The first kappa shape index (κ1) is 9.43. The summed E-state index contributed by atoms with van der Waals surface area (Å²) in [5, 5.41) is 2.53. The van der Waals surface area contributed by atoms with Gasteiger partial charge in [0, 0.05) is 19.5 Å². The van der Waals surface area contributed by atoms with Crippen LogP contribution in [-0.4, -0.2) is 19.0 Å². The second kappa shape index (κ2) is 4.28. The van der Waals surface area contributed by atoms with Gasteiger partial charge in [0.2, 0.25) is 5.91 Å². The van der Waals surface area contributed by atoms with Gasteiger partial charge < -0.3 is 11.1 Å². The fraction of sp³-hybridized carbons (Fsp3) is 0.857. The summed E-state index contributed by atoms with van der Waals surface area (Å²) < 4.78 is 0. The molecule has 1 unspecified atom stereocenters. The Labute approximate surface area is 62.0 Å². The lowest BCUT2D eigenvalue weighted by atomic mass is 10.0. The summed E-state index contributed by atoms with van der Waals surface area (Å²) in [4.78, 5) is 10.7. The van der Waals surface area contributed by atoms with Gasteiger partial charge in [0.25, 0.3) is 0 Å². The number of nitrogens with one attached hydrogen (secondary N) is 1. The highest BCUT2D eigenvalue weighted by Gasteiger charge is 2.10. The van der Waals surface area contributed by atoms with Crippen LogP contribution in [0.4, 0.5) is 0 Å². The van der Waals surface area contributed by atoms with Crippen molar-refractivity contribution in [2.45, 2.75) is 26.3 Å². The van der Waals surface area contributed by atoms with E-state index < -0.39 is 0 Å². The summed E-state index contributed by atoms with van der Waals surface area (Å²) in [6, 6.07) is -0.0139. The summed E-state index contributed by atoms with van der Waals surface area (Å²) in [5.74, 6) is 0.387. The Bertz CT molecular complexity index is 112. The van der Waals surface area contributed by atoms with Gasteiger partial charge in [0.05, 0.1) is 0 Å². The molecule has 0 fully saturated rings. The molecular weight excluding hydrogens is 128 g/mol. The minimum atomic E-state index is -0.0139. The van der Waals surface area contributed by atoms with Crippen molar-refractivity contribution >= 4 is 5.91 Å². The van der Waals surface area contributed by atoms with Gasteiger partial charge in [-0.1, -0.05) is 13.8 Å². The zero-order valence-electron chi connectivity index (χ0n) is 6.85. The standard InChI is InChI=1S/C7H16N2O/c1-5(2)6(8)4-7(10)9-3/h5-6H,4,8H2,1-3H3,(H,9,10). The molecule has 0 aliphatic heterocycles. The van der Waals surface area contributed by atoms with Crippen LogP contribution in [0.1, 0.15) is 20.3 Å². The molecule has 0 aliphatic rings. The van der Waals surface area contributed by atoms with E-state index in [0.29, 0.717) is 12.3 Å². The quantitative estimate of drug-likeness (QED) is 0.590. The average molecular weight is 144 g/mol. The van der Waals surface area contributed by atoms with Gasteiger partial charge in [-0.05, 0) is 5.92 Å². The summed E-state index contributed by atoms with van der Waals surface area (Å²) in [7, 11) is 1.62. The van der Waals surface area contributed by atoms with Gasteiger partial charge >= 0.3 is 0 Å². The molecule has 0 radical (unpaired) electrons. The van der Waals surface area contributed by atoms with Crippen LogP contribution in [0, 0.1) is 5.92 Å². The zero-order valence-corrected chi connectivity index (χ0v) is 6.85. The maximum Gasteiger partial charge on any atom is 0.221 e. The van der Waals surface area contributed by atoms with Crippen molar-refractivity contribution < 1.29 is 4.79 Å². The van der Waals surface area contributed by atoms with E-state index in [2.05, 4.69) is 5.32 Å². The highest BCUT2D eigenvalue weighted by molar-refractivity contribution is 5.76. The predicted octanol–water partition coefficient (Wildman–Crippen LogP) is 0.106. The van der Waals surface area contributed by atoms with Crippen LogP contribution in [0.15, 0.2) is 0 Å². The summed E-state index contributed by atoms with van der Waals surface area (Å²) in [6.45, 7) is 4.02. The topological polar surface area (TPSA) is 55.1 Å². The van der Waals surface area contributed by atoms with Crippen LogP contribution in [0.5, 0.6) is 0 Å². The van der Waals surface area contributed by atoms with E-state index >= 15 is 0 Å². The van der Waals surface area contributed by atoms with Crippen molar-refractivity contribution in [3.63, 3.8) is 0 Å². The van der Waals surface area contributed by atoms with Crippen molar-refractivity contribution in [2.75, 3.05) is 7.05 Å². The SMILES string of the molecule is CNC(=O)CC(N)C(C)C. The van der Waals surface area contributed by atoms with E-state index in [-0.39, 0.29) is 11.9 Å². The Morgan fingerprint density at radius 1 is 1.60 bits per heavy atom. The number of hydrogen-bond acceptors (Lipinski definition) is 2. The minimum absolute atomic E-state index is 0.0139. The summed E-state index contributed by atoms with van der Waals surface area (Å²) >= 11 is 0. The Kier molecular flexibility index (Phi) is 4.03. The van der Waals surface area contributed by atoms with Crippen molar-refractivity contribution in [1.82, 2.24) is 5.32 Å². The first-order chi connectivity index (χ1) is 4.57. The fourth-order valence-electron chi connectivity index (χ4n) is 0.552. The summed E-state index contributed by atoms with van der Waals surface area (Å²) in [6.07, 6.45) is 0.425. The number of nitrogens with two attached hydrogens (primary N) is 1. The predicted molar refractivity (Wildman–Crippen MR) is 41.5 cm³/mol. The van der Waals surface area contributed by atoms with Crippen LogP contribution >= 0.6 is 0 Å². The van der Waals surface area contributed by atoms with Crippen molar-refractivity contribution in [2.24, 2.45) is 11.7 Å². The van der Waals surface area contributed by atoms with Crippen LogP contribution in [0.25, 0.3) is 0 Å². The van der Waals surface area contributed by atoms with Crippen LogP contribution in [0.3, 0.4) is 0 Å². The largest absolute Gasteiger partial charge is 0.359 e. The first-order valence-corrected chi connectivity index (χ1v) is 3.54. The highest BCUT2D eigenvalue weighted by Crippen LogP contribution is 2.01. The molecule has 3 heteroatoms. The minimum Gasteiger partial charge on any atom is -0.359 e. The van der Waals surface area contributed by atoms with E-state index in [0.717, 1.165) is 0 Å². The molecule has 0 saturated heterocycles. The molecule has 0 aromatic rings.